The Morgan fingerprint density at radius 1 is 1.28 bits per heavy atom. The molecule has 2 aromatic rings. The minimum Gasteiger partial charge on any atom is -0.374 e. The summed E-state index contributed by atoms with van der Waals surface area (Å²) in [7, 11) is 4.98. The normalized spacial score (nSPS) is 15.2. The molecule has 1 amide bonds. The highest BCUT2D eigenvalue weighted by atomic mass is 19.4. The maximum atomic E-state index is 13.6. The molecule has 0 bridgehead atoms. The van der Waals surface area contributed by atoms with Gasteiger partial charge in [0.2, 0.25) is 11.5 Å². The van der Waals surface area contributed by atoms with Crippen LogP contribution in [0, 0.1) is 0 Å². The van der Waals surface area contributed by atoms with Gasteiger partial charge in [-0.1, -0.05) is 31.2 Å². The molecule has 1 heterocycles. The molecule has 29 heavy (non-hydrogen) atoms. The van der Waals surface area contributed by atoms with E-state index in [1.165, 1.54) is 18.8 Å². The van der Waals surface area contributed by atoms with Crippen LogP contribution < -0.4 is 5.32 Å². The number of aryl methyl sites for hydroxylation is 2. The number of benzene rings is 1. The maximum absolute atomic E-state index is 13.6. The summed E-state index contributed by atoms with van der Waals surface area (Å²) in [5.74, 6) is -1.54. The van der Waals surface area contributed by atoms with Gasteiger partial charge in [0.1, 0.15) is 0 Å². The van der Waals surface area contributed by atoms with Gasteiger partial charge in [0, 0.05) is 26.0 Å². The maximum Gasteiger partial charge on any atom is 0.425 e. The zero-order valence-corrected chi connectivity index (χ0v) is 17.0. The summed E-state index contributed by atoms with van der Waals surface area (Å²) < 4.78 is 41.8. The molecule has 9 heteroatoms. The second-order valence-corrected chi connectivity index (χ2v) is 7.28. The van der Waals surface area contributed by atoms with E-state index in [-0.39, 0.29) is 12.6 Å². The number of imidazole rings is 1. The number of aromatic nitrogens is 2. The first-order valence-electron chi connectivity index (χ1n) is 9.28. The van der Waals surface area contributed by atoms with E-state index < -0.39 is 29.9 Å². The molecule has 0 saturated heterocycles. The molecule has 0 fully saturated rings. The van der Waals surface area contributed by atoms with Gasteiger partial charge in [0.05, 0.1) is 12.5 Å². The molecule has 2 unspecified atom stereocenters. The topological polar surface area (TPSA) is 70.4 Å². The van der Waals surface area contributed by atoms with Gasteiger partial charge in [-0.15, -0.1) is 0 Å². The standard InChI is InChI=1S/C20H27F3N4O2/c1-5-14-6-8-15(9-7-14)16(26(2)3)13-25-17(28)12-19(29,20(21,22)23)18-24-10-11-27(18)4/h6-11,16,29H,5,12-13H2,1-4H3,(H,25,28). The van der Waals surface area contributed by atoms with Gasteiger partial charge >= 0.3 is 6.18 Å². The first-order chi connectivity index (χ1) is 13.5. The average Bonchev–Trinajstić information content (AvgIpc) is 3.07. The molecule has 2 rings (SSSR count). The molecule has 1 aromatic heterocycles. The summed E-state index contributed by atoms with van der Waals surface area (Å²) >= 11 is 0. The van der Waals surface area contributed by atoms with Crippen LogP contribution in [0.25, 0.3) is 0 Å². The van der Waals surface area contributed by atoms with Gasteiger partial charge < -0.3 is 19.9 Å². The van der Waals surface area contributed by atoms with Gasteiger partial charge in [0.15, 0.2) is 5.82 Å². The first kappa shape index (κ1) is 22.9. The summed E-state index contributed by atoms with van der Waals surface area (Å²) in [5, 5.41) is 12.9. The molecule has 0 spiro atoms. The Balaban J connectivity index is 2.13. The minimum atomic E-state index is -5.06. The number of rotatable bonds is 8. The lowest BCUT2D eigenvalue weighted by Crippen LogP contribution is -2.48. The molecule has 160 valence electrons. The fourth-order valence-electron chi connectivity index (χ4n) is 3.15. The van der Waals surface area contributed by atoms with E-state index in [0.717, 1.165) is 22.7 Å². The van der Waals surface area contributed by atoms with Crippen LogP contribution >= 0.6 is 0 Å². The van der Waals surface area contributed by atoms with E-state index in [0.29, 0.717) is 0 Å². The lowest BCUT2D eigenvalue weighted by molar-refractivity contribution is -0.271. The second-order valence-electron chi connectivity index (χ2n) is 7.28. The van der Waals surface area contributed by atoms with Crippen LogP contribution in [0.15, 0.2) is 36.7 Å². The Labute approximate surface area is 168 Å². The Morgan fingerprint density at radius 3 is 2.34 bits per heavy atom. The predicted molar refractivity (Wildman–Crippen MR) is 103 cm³/mol. The minimum absolute atomic E-state index is 0.103. The molecule has 0 aliphatic heterocycles. The lowest BCUT2D eigenvalue weighted by Gasteiger charge is -2.30. The van der Waals surface area contributed by atoms with Crippen LogP contribution in [0.4, 0.5) is 13.2 Å². The zero-order valence-electron chi connectivity index (χ0n) is 17.0. The summed E-state index contributed by atoms with van der Waals surface area (Å²) in [6.45, 7) is 2.15. The lowest BCUT2D eigenvalue weighted by atomic mass is 9.96. The average molecular weight is 412 g/mol. The number of carbonyl (C=O) groups is 1. The van der Waals surface area contributed by atoms with Crippen molar-refractivity contribution in [1.82, 2.24) is 19.8 Å². The van der Waals surface area contributed by atoms with Crippen LogP contribution in [-0.4, -0.2) is 52.3 Å². The number of nitrogens with one attached hydrogen (secondary N) is 1. The molecule has 2 atom stereocenters. The molecule has 0 saturated carbocycles. The zero-order chi connectivity index (χ0) is 21.8. The number of alkyl halides is 3. The highest BCUT2D eigenvalue weighted by molar-refractivity contribution is 5.77. The fourth-order valence-corrected chi connectivity index (χ4v) is 3.15. The van der Waals surface area contributed by atoms with Gasteiger partial charge in [-0.2, -0.15) is 13.2 Å². The van der Waals surface area contributed by atoms with Crippen molar-refractivity contribution in [2.75, 3.05) is 20.6 Å². The molecule has 0 aliphatic carbocycles. The number of hydrogen-bond donors (Lipinski definition) is 2. The van der Waals surface area contributed by atoms with Gasteiger partial charge in [-0.25, -0.2) is 4.98 Å². The monoisotopic (exact) mass is 412 g/mol. The molecule has 6 nitrogen and oxygen atoms in total. The number of halogens is 3. The van der Waals surface area contributed by atoms with Crippen molar-refractivity contribution in [1.29, 1.82) is 0 Å². The van der Waals surface area contributed by atoms with Crippen molar-refractivity contribution in [3.63, 3.8) is 0 Å². The number of likely N-dealkylation sites (N-methyl/N-ethyl adjacent to an activating group) is 1. The van der Waals surface area contributed by atoms with E-state index in [9.17, 15) is 23.1 Å². The third-order valence-corrected chi connectivity index (χ3v) is 4.97. The quantitative estimate of drug-likeness (QED) is 0.699. The number of nitrogens with zero attached hydrogens (tertiary/aromatic N) is 3. The Kier molecular flexibility index (Phi) is 7.07. The van der Waals surface area contributed by atoms with Crippen LogP contribution in [0.1, 0.15) is 36.3 Å². The van der Waals surface area contributed by atoms with Gasteiger partial charge in [-0.3, -0.25) is 4.79 Å². The van der Waals surface area contributed by atoms with Crippen LogP contribution in [0.3, 0.4) is 0 Å². The van der Waals surface area contributed by atoms with Gasteiger partial charge in [-0.05, 0) is 31.6 Å². The van der Waals surface area contributed by atoms with Crippen molar-refractivity contribution in [3.8, 4) is 0 Å². The molecule has 1 aromatic carbocycles. The smallest absolute Gasteiger partial charge is 0.374 e. The van der Waals surface area contributed by atoms with E-state index in [2.05, 4.69) is 10.3 Å². The first-order valence-corrected chi connectivity index (χ1v) is 9.28. The summed E-state index contributed by atoms with van der Waals surface area (Å²) in [6.07, 6.45) is -2.90. The van der Waals surface area contributed by atoms with E-state index >= 15 is 0 Å². The van der Waals surface area contributed by atoms with Crippen molar-refractivity contribution >= 4 is 5.91 Å². The van der Waals surface area contributed by atoms with E-state index in [4.69, 9.17) is 0 Å². The van der Waals surface area contributed by atoms with E-state index in [1.54, 1.807) is 0 Å². The largest absolute Gasteiger partial charge is 0.425 e. The van der Waals surface area contributed by atoms with Crippen LogP contribution in [0.5, 0.6) is 0 Å². The van der Waals surface area contributed by atoms with Crippen LogP contribution in [-0.2, 0) is 23.9 Å². The number of amides is 1. The third-order valence-electron chi connectivity index (χ3n) is 4.97. The summed E-state index contributed by atoms with van der Waals surface area (Å²) in [5.41, 5.74) is -1.27. The fraction of sp³-hybridized carbons (Fsp3) is 0.500. The Hall–Kier alpha value is -2.39. The van der Waals surface area contributed by atoms with Crippen molar-refractivity contribution in [3.05, 3.63) is 53.6 Å². The summed E-state index contributed by atoms with van der Waals surface area (Å²) in [4.78, 5) is 17.8. The van der Waals surface area contributed by atoms with Crippen molar-refractivity contribution in [2.45, 2.75) is 37.6 Å². The summed E-state index contributed by atoms with van der Waals surface area (Å²) in [6, 6.07) is 7.62. The van der Waals surface area contributed by atoms with Gasteiger partial charge in [0.25, 0.3) is 0 Å². The molecule has 2 N–H and O–H groups in total. The number of aliphatic hydroxyl groups is 1. The molecule has 0 aliphatic rings. The highest BCUT2D eigenvalue weighted by Crippen LogP contribution is 2.40. The second kappa shape index (κ2) is 8.96. The Bertz CT molecular complexity index is 818. The SMILES string of the molecule is CCc1ccc(C(CNC(=O)CC(O)(c2nccn2C)C(F)(F)F)N(C)C)cc1. The number of hydrogen-bond acceptors (Lipinski definition) is 4. The van der Waals surface area contributed by atoms with Crippen LogP contribution in [0.2, 0.25) is 0 Å². The predicted octanol–water partition coefficient (Wildman–Crippen LogP) is 2.54. The van der Waals surface area contributed by atoms with Crippen molar-refractivity contribution in [2.24, 2.45) is 7.05 Å². The third kappa shape index (κ3) is 5.16. The Morgan fingerprint density at radius 2 is 1.90 bits per heavy atom. The molecular formula is C20H27F3N4O2. The highest BCUT2D eigenvalue weighted by Gasteiger charge is 2.58. The van der Waals surface area contributed by atoms with E-state index in [1.807, 2.05) is 50.2 Å². The molecule has 0 radical (unpaired) electrons. The number of carbonyl (C=O) groups excluding carboxylic acids is 1. The van der Waals surface area contributed by atoms with Crippen molar-refractivity contribution < 1.29 is 23.1 Å². The molecular weight excluding hydrogens is 385 g/mol.